The van der Waals surface area contributed by atoms with Crippen molar-refractivity contribution >= 4 is 38.9 Å². The molecule has 1 saturated heterocycles. The first-order valence-electron chi connectivity index (χ1n) is 11.7. The minimum absolute atomic E-state index is 0.0948. The Morgan fingerprint density at radius 1 is 0.972 bits per heavy atom. The maximum atomic E-state index is 14.0. The molecule has 0 unspecified atom stereocenters. The number of hydrogen-bond donors (Lipinski definition) is 1. The molecule has 8 nitrogen and oxygen atoms in total. The fraction of sp³-hybridized carbons (Fsp3) is 0.360. The fourth-order valence-electron chi connectivity index (χ4n) is 4.28. The van der Waals surface area contributed by atoms with Crippen LogP contribution in [0.2, 0.25) is 0 Å². The molecule has 0 radical (unpaired) electrons. The molecule has 0 bridgehead atoms. The molecule has 0 spiro atoms. The number of nitrogens with one attached hydrogen (secondary N) is 1. The molecular weight excluding hydrogens is 532 g/mol. The average Bonchev–Trinajstić information content (AvgIpc) is 3.25. The third-order valence-electron chi connectivity index (χ3n) is 5.90. The van der Waals surface area contributed by atoms with E-state index >= 15 is 0 Å². The number of morpholine rings is 1. The van der Waals surface area contributed by atoms with E-state index in [0.29, 0.717) is 55.7 Å². The average molecular weight is 558 g/mol. The summed E-state index contributed by atoms with van der Waals surface area (Å²) in [6.45, 7) is 6.35. The van der Waals surface area contributed by atoms with Gasteiger partial charge in [0.1, 0.15) is 0 Å². The highest BCUT2D eigenvalue weighted by Crippen LogP contribution is 2.28. The minimum Gasteiger partial charge on any atom is -0.378 e. The molecule has 0 aliphatic carbocycles. The molecule has 1 aliphatic rings. The number of imidazole rings is 1. The maximum absolute atomic E-state index is 14.0. The lowest BCUT2D eigenvalue weighted by molar-refractivity contribution is 0.122. The fourth-order valence-corrected chi connectivity index (χ4v) is 4.54. The summed E-state index contributed by atoms with van der Waals surface area (Å²) < 4.78 is 35.9. The molecule has 0 amide bonds. The topological polar surface area (TPSA) is 81.0 Å². The van der Waals surface area contributed by atoms with Crippen molar-refractivity contribution in [1.29, 1.82) is 0 Å². The molecule has 1 N–H and O–H groups in total. The Hall–Kier alpha value is -3.18. The van der Waals surface area contributed by atoms with Gasteiger partial charge in [0.25, 0.3) is 6.43 Å². The second-order valence-electron chi connectivity index (χ2n) is 9.27. The number of alkyl halides is 2. The number of anilines is 2. The van der Waals surface area contributed by atoms with Gasteiger partial charge in [0.05, 0.1) is 24.2 Å². The first kappa shape index (κ1) is 24.5. The van der Waals surface area contributed by atoms with E-state index in [2.05, 4.69) is 53.3 Å². The summed E-state index contributed by atoms with van der Waals surface area (Å²) in [5.41, 5.74) is 1.66. The molecule has 1 fully saturated rings. The van der Waals surface area contributed by atoms with E-state index in [1.165, 1.54) is 4.57 Å². The molecule has 2 aromatic heterocycles. The third-order valence-corrected chi connectivity index (χ3v) is 6.43. The molecule has 1 aliphatic heterocycles. The van der Waals surface area contributed by atoms with E-state index in [1.54, 1.807) is 24.3 Å². The van der Waals surface area contributed by atoms with Crippen LogP contribution in [0.5, 0.6) is 0 Å². The van der Waals surface area contributed by atoms with Gasteiger partial charge < -0.3 is 15.0 Å². The molecule has 188 valence electrons. The van der Waals surface area contributed by atoms with Crippen molar-refractivity contribution in [3.8, 4) is 5.95 Å². The predicted molar refractivity (Wildman–Crippen MR) is 138 cm³/mol. The van der Waals surface area contributed by atoms with Crippen molar-refractivity contribution in [2.45, 2.75) is 32.2 Å². The standard InChI is InChI=1S/C25H26BrF2N7O/c1-25(2,15-16-7-9-17(26)10-8-16)33-22-30-23(34-11-13-36-14-12-34)32-24(31-22)35-19-6-4-3-5-18(19)29-21(35)20(27)28/h3-10,20H,11-15H2,1-2H3,(H,30,31,32,33). The number of benzene rings is 2. The normalized spacial score (nSPS) is 14.6. The van der Waals surface area contributed by atoms with E-state index in [0.717, 1.165) is 10.0 Å². The van der Waals surface area contributed by atoms with Crippen LogP contribution in [-0.4, -0.2) is 56.3 Å². The minimum atomic E-state index is -2.80. The highest BCUT2D eigenvalue weighted by Gasteiger charge is 2.26. The van der Waals surface area contributed by atoms with Crippen molar-refractivity contribution in [2.75, 3.05) is 36.5 Å². The predicted octanol–water partition coefficient (Wildman–Crippen LogP) is 5.18. The van der Waals surface area contributed by atoms with Gasteiger partial charge in [-0.15, -0.1) is 0 Å². The zero-order chi connectivity index (χ0) is 25.3. The van der Waals surface area contributed by atoms with Crippen LogP contribution < -0.4 is 10.2 Å². The second kappa shape index (κ2) is 10.1. The van der Waals surface area contributed by atoms with Crippen LogP contribution in [0.1, 0.15) is 31.7 Å². The summed E-state index contributed by atoms with van der Waals surface area (Å²) in [5, 5.41) is 3.41. The lowest BCUT2D eigenvalue weighted by Crippen LogP contribution is -2.38. The monoisotopic (exact) mass is 557 g/mol. The highest BCUT2D eigenvalue weighted by atomic mass is 79.9. The van der Waals surface area contributed by atoms with Crippen molar-refractivity contribution in [2.24, 2.45) is 0 Å². The van der Waals surface area contributed by atoms with Crippen molar-refractivity contribution in [1.82, 2.24) is 24.5 Å². The van der Waals surface area contributed by atoms with Gasteiger partial charge in [0, 0.05) is 23.1 Å². The molecule has 36 heavy (non-hydrogen) atoms. The molecule has 0 atom stereocenters. The summed E-state index contributed by atoms with van der Waals surface area (Å²) in [5.74, 6) is 0.401. The van der Waals surface area contributed by atoms with Crippen LogP contribution in [0, 0.1) is 0 Å². The van der Waals surface area contributed by atoms with Gasteiger partial charge in [-0.1, -0.05) is 40.2 Å². The number of para-hydroxylation sites is 2. The van der Waals surface area contributed by atoms with Gasteiger partial charge in [0.2, 0.25) is 17.8 Å². The van der Waals surface area contributed by atoms with E-state index < -0.39 is 17.8 Å². The first-order valence-corrected chi connectivity index (χ1v) is 12.5. The molecule has 0 saturated carbocycles. The number of aromatic nitrogens is 5. The highest BCUT2D eigenvalue weighted by molar-refractivity contribution is 9.10. The number of halogens is 3. The zero-order valence-electron chi connectivity index (χ0n) is 20.0. The molecule has 5 rings (SSSR count). The van der Waals surface area contributed by atoms with Crippen molar-refractivity contribution in [3.63, 3.8) is 0 Å². The molecule has 11 heteroatoms. The second-order valence-corrected chi connectivity index (χ2v) is 10.2. The van der Waals surface area contributed by atoms with Crippen LogP contribution in [0.3, 0.4) is 0 Å². The Bertz CT molecular complexity index is 1350. The van der Waals surface area contributed by atoms with Crippen LogP contribution in [0.15, 0.2) is 53.0 Å². The maximum Gasteiger partial charge on any atom is 0.296 e. The molecule has 3 heterocycles. The van der Waals surface area contributed by atoms with E-state index in [9.17, 15) is 8.78 Å². The lowest BCUT2D eigenvalue weighted by atomic mass is 9.95. The van der Waals surface area contributed by atoms with Crippen LogP contribution in [-0.2, 0) is 11.2 Å². The van der Waals surface area contributed by atoms with Gasteiger partial charge in [-0.2, -0.15) is 15.0 Å². The third kappa shape index (κ3) is 5.31. The smallest absolute Gasteiger partial charge is 0.296 e. The Morgan fingerprint density at radius 3 is 2.39 bits per heavy atom. The van der Waals surface area contributed by atoms with Gasteiger partial charge in [-0.05, 0) is 50.1 Å². The number of rotatable bonds is 7. The van der Waals surface area contributed by atoms with Gasteiger partial charge in [-0.3, -0.25) is 4.57 Å². The number of hydrogen-bond acceptors (Lipinski definition) is 7. The van der Waals surface area contributed by atoms with Gasteiger partial charge in [0.15, 0.2) is 5.82 Å². The van der Waals surface area contributed by atoms with E-state index in [4.69, 9.17) is 4.74 Å². The summed E-state index contributed by atoms with van der Waals surface area (Å²) in [6, 6.07) is 15.1. The summed E-state index contributed by atoms with van der Waals surface area (Å²) in [7, 11) is 0. The number of ether oxygens (including phenoxy) is 1. The number of fused-ring (bicyclic) bond motifs is 1. The molecule has 4 aromatic rings. The van der Waals surface area contributed by atoms with Gasteiger partial charge in [-0.25, -0.2) is 13.8 Å². The van der Waals surface area contributed by atoms with E-state index in [1.807, 2.05) is 30.9 Å². The molecule has 2 aromatic carbocycles. The quantitative estimate of drug-likeness (QED) is 0.335. The van der Waals surface area contributed by atoms with Crippen molar-refractivity contribution < 1.29 is 13.5 Å². The first-order chi connectivity index (χ1) is 17.3. The summed E-state index contributed by atoms with van der Waals surface area (Å²) in [6.07, 6.45) is -2.10. The van der Waals surface area contributed by atoms with Crippen molar-refractivity contribution in [3.05, 3.63) is 64.4 Å². The van der Waals surface area contributed by atoms with Crippen LogP contribution >= 0.6 is 15.9 Å². The van der Waals surface area contributed by atoms with E-state index in [-0.39, 0.29) is 5.95 Å². The Morgan fingerprint density at radius 2 is 1.67 bits per heavy atom. The number of nitrogens with zero attached hydrogens (tertiary/aromatic N) is 6. The zero-order valence-corrected chi connectivity index (χ0v) is 21.5. The van der Waals surface area contributed by atoms with Gasteiger partial charge >= 0.3 is 0 Å². The lowest BCUT2D eigenvalue weighted by Gasteiger charge is -2.29. The Kier molecular flexibility index (Phi) is 6.85. The summed E-state index contributed by atoms with van der Waals surface area (Å²) >= 11 is 3.47. The van der Waals surface area contributed by atoms with Crippen LogP contribution in [0.25, 0.3) is 17.0 Å². The molecular formula is C25H26BrF2N7O. The Balaban J connectivity index is 1.57. The Labute approximate surface area is 215 Å². The van der Waals surface area contributed by atoms with Crippen LogP contribution in [0.4, 0.5) is 20.7 Å². The SMILES string of the molecule is CC(C)(Cc1ccc(Br)cc1)Nc1nc(N2CCOCC2)nc(-n2c(C(F)F)nc3ccccc32)n1. The summed E-state index contributed by atoms with van der Waals surface area (Å²) in [4.78, 5) is 20.0. The largest absolute Gasteiger partial charge is 0.378 e.